The zero-order valence-electron chi connectivity index (χ0n) is 11.2. The van der Waals surface area contributed by atoms with Gasteiger partial charge in [-0.25, -0.2) is 4.79 Å². The number of ether oxygens (including phenoxy) is 1. The lowest BCUT2D eigenvalue weighted by atomic mass is 9.89. The minimum absolute atomic E-state index is 0.211. The van der Waals surface area contributed by atoms with E-state index in [1.807, 2.05) is 0 Å². The Morgan fingerprint density at radius 1 is 1.32 bits per heavy atom. The molecule has 2 aliphatic rings. The van der Waals surface area contributed by atoms with Crippen molar-refractivity contribution in [2.24, 2.45) is 4.99 Å². The van der Waals surface area contributed by atoms with Crippen LogP contribution < -0.4 is 4.74 Å². The van der Waals surface area contributed by atoms with Crippen molar-refractivity contribution in [2.45, 2.75) is 54.9 Å². The first kappa shape index (κ1) is 12.8. The van der Waals surface area contributed by atoms with Crippen LogP contribution in [0.15, 0.2) is 28.1 Å². The lowest BCUT2D eigenvalue weighted by Crippen LogP contribution is -2.20. The molecule has 1 aromatic carbocycles. The number of hydrogen-bond acceptors (Lipinski definition) is 4. The summed E-state index contributed by atoms with van der Waals surface area (Å²) >= 11 is 1.73. The summed E-state index contributed by atoms with van der Waals surface area (Å²) in [6.07, 6.45) is 5.85. The summed E-state index contributed by atoms with van der Waals surface area (Å²) in [4.78, 5) is 15.8. The molecule has 0 spiro atoms. The van der Waals surface area contributed by atoms with E-state index in [0.29, 0.717) is 0 Å². The maximum Gasteiger partial charge on any atom is 0.235 e. The molecule has 4 heteroatoms. The molecule has 0 aromatic heterocycles. The molecule has 1 fully saturated rings. The minimum Gasteiger partial charge on any atom is -0.476 e. The lowest BCUT2D eigenvalue weighted by molar-refractivity contribution is 0.214. The summed E-state index contributed by atoms with van der Waals surface area (Å²) in [5.74, 6) is 0.917. The van der Waals surface area contributed by atoms with Crippen molar-refractivity contribution in [3.63, 3.8) is 0 Å². The number of hydrogen-bond donors (Lipinski definition) is 0. The predicted molar refractivity (Wildman–Crippen MR) is 75.3 cm³/mol. The minimum atomic E-state index is -0.364. The van der Waals surface area contributed by atoms with Crippen LogP contribution in [0.1, 0.15) is 45.1 Å². The largest absolute Gasteiger partial charge is 0.476 e. The van der Waals surface area contributed by atoms with Gasteiger partial charge in [-0.3, -0.25) is 0 Å². The maximum absolute atomic E-state index is 10.7. The number of isocyanates is 1. The lowest BCUT2D eigenvalue weighted by Gasteiger charge is -2.23. The zero-order chi connectivity index (χ0) is 13.5. The first-order valence-electron chi connectivity index (χ1n) is 6.66. The third kappa shape index (κ3) is 2.19. The molecule has 1 aliphatic heterocycles. The monoisotopic (exact) mass is 275 g/mol. The molecule has 1 heterocycles. The van der Waals surface area contributed by atoms with Gasteiger partial charge in [0, 0.05) is 0 Å². The average Bonchev–Trinajstić information content (AvgIpc) is 2.91. The van der Waals surface area contributed by atoms with E-state index in [1.54, 1.807) is 17.8 Å². The Morgan fingerprint density at radius 3 is 2.74 bits per heavy atom. The molecule has 100 valence electrons. The van der Waals surface area contributed by atoms with Gasteiger partial charge in [-0.2, -0.15) is 4.99 Å². The Bertz CT molecular complexity index is 555. The molecule has 19 heavy (non-hydrogen) atoms. The van der Waals surface area contributed by atoms with Crippen LogP contribution in [0.4, 0.5) is 0 Å². The summed E-state index contributed by atoms with van der Waals surface area (Å²) in [6, 6.07) is 6.23. The second-order valence-corrected chi connectivity index (χ2v) is 7.33. The van der Waals surface area contributed by atoms with Gasteiger partial charge in [-0.15, -0.1) is 0 Å². The number of fused-ring (bicyclic) bond motifs is 1. The molecule has 0 N–H and O–H groups in total. The van der Waals surface area contributed by atoms with Gasteiger partial charge in [0.05, 0.1) is 10.4 Å². The van der Waals surface area contributed by atoms with Crippen molar-refractivity contribution < 1.29 is 9.53 Å². The molecule has 0 unspecified atom stereocenters. The predicted octanol–water partition coefficient (Wildman–Crippen LogP) is 4.01. The molecule has 0 amide bonds. The van der Waals surface area contributed by atoms with Gasteiger partial charge in [0.1, 0.15) is 5.75 Å². The molecular weight excluding hydrogens is 258 g/mol. The molecular formula is C15H17NO2S. The fraction of sp³-hybridized carbons (Fsp3) is 0.533. The highest BCUT2D eigenvalue weighted by Crippen LogP contribution is 2.50. The van der Waals surface area contributed by atoms with Crippen LogP contribution >= 0.6 is 11.8 Å². The van der Waals surface area contributed by atoms with E-state index in [9.17, 15) is 4.79 Å². The smallest absolute Gasteiger partial charge is 0.235 e. The standard InChI is InChI=1S/C15H17NO2S/c1-14(2)18-12-9-11(5-6-13(12)19-14)15(16-10-17)7-3-4-8-15/h5-6,9H,3-4,7-8H2,1-2H3. The van der Waals surface area contributed by atoms with E-state index in [4.69, 9.17) is 4.74 Å². The summed E-state index contributed by atoms with van der Waals surface area (Å²) in [5.41, 5.74) is 0.725. The molecule has 0 radical (unpaired) electrons. The van der Waals surface area contributed by atoms with E-state index in [2.05, 4.69) is 37.0 Å². The first-order valence-corrected chi connectivity index (χ1v) is 7.48. The van der Waals surface area contributed by atoms with Gasteiger partial charge in [-0.1, -0.05) is 30.7 Å². The number of carbonyl (C=O) groups excluding carboxylic acids is 1. The third-order valence-corrected chi connectivity index (χ3v) is 5.02. The second kappa shape index (κ2) is 4.39. The van der Waals surface area contributed by atoms with Crippen molar-refractivity contribution >= 4 is 17.8 Å². The van der Waals surface area contributed by atoms with Gasteiger partial charge >= 0.3 is 0 Å². The van der Waals surface area contributed by atoms with E-state index in [0.717, 1.165) is 41.9 Å². The fourth-order valence-electron chi connectivity index (χ4n) is 3.02. The number of thioether (sulfide) groups is 1. The fourth-order valence-corrected chi connectivity index (χ4v) is 4.02. The second-order valence-electron chi connectivity index (χ2n) is 5.71. The topological polar surface area (TPSA) is 38.7 Å². The van der Waals surface area contributed by atoms with Gasteiger partial charge in [0.25, 0.3) is 0 Å². The molecule has 3 rings (SSSR count). The first-order chi connectivity index (χ1) is 9.05. The number of aliphatic imine (C=N–C) groups is 1. The van der Waals surface area contributed by atoms with Crippen LogP contribution in [-0.2, 0) is 10.3 Å². The van der Waals surface area contributed by atoms with Crippen molar-refractivity contribution in [2.75, 3.05) is 0 Å². The Balaban J connectivity index is 2.01. The molecule has 3 nitrogen and oxygen atoms in total. The number of benzene rings is 1. The summed E-state index contributed by atoms with van der Waals surface area (Å²) in [6.45, 7) is 4.12. The number of rotatable bonds is 2. The molecule has 1 saturated carbocycles. The third-order valence-electron chi connectivity index (χ3n) is 3.88. The zero-order valence-corrected chi connectivity index (χ0v) is 12.0. The summed E-state index contributed by atoms with van der Waals surface area (Å²) in [5, 5.41) is 0. The maximum atomic E-state index is 10.7. The number of nitrogens with zero attached hydrogens (tertiary/aromatic N) is 1. The molecule has 0 atom stereocenters. The SMILES string of the molecule is CC1(C)Oc2cc(C3(N=C=O)CCCC3)ccc2S1. The highest BCUT2D eigenvalue weighted by atomic mass is 32.2. The van der Waals surface area contributed by atoms with E-state index in [-0.39, 0.29) is 10.5 Å². The van der Waals surface area contributed by atoms with Crippen LogP contribution in [0.2, 0.25) is 0 Å². The normalized spacial score (nSPS) is 22.4. The van der Waals surface area contributed by atoms with Gasteiger partial charge < -0.3 is 4.74 Å². The van der Waals surface area contributed by atoms with Crippen LogP contribution in [0, 0.1) is 0 Å². The van der Waals surface area contributed by atoms with E-state index >= 15 is 0 Å². The molecule has 1 aliphatic carbocycles. The summed E-state index contributed by atoms with van der Waals surface area (Å²) in [7, 11) is 0. The van der Waals surface area contributed by atoms with Crippen LogP contribution in [-0.4, -0.2) is 11.0 Å². The highest BCUT2D eigenvalue weighted by molar-refractivity contribution is 8.00. The Morgan fingerprint density at radius 2 is 2.05 bits per heavy atom. The highest BCUT2D eigenvalue weighted by Gasteiger charge is 2.38. The van der Waals surface area contributed by atoms with Crippen molar-refractivity contribution in [1.29, 1.82) is 0 Å². The van der Waals surface area contributed by atoms with Gasteiger partial charge in [0.2, 0.25) is 6.08 Å². The quantitative estimate of drug-likeness (QED) is 0.604. The Kier molecular flexibility index (Phi) is 2.95. The van der Waals surface area contributed by atoms with E-state index in [1.165, 1.54) is 0 Å². The average molecular weight is 275 g/mol. The Hall–Kier alpha value is -1.25. The van der Waals surface area contributed by atoms with Gasteiger partial charge in [-0.05, 0) is 44.4 Å². The van der Waals surface area contributed by atoms with Crippen LogP contribution in [0.5, 0.6) is 5.75 Å². The van der Waals surface area contributed by atoms with Crippen LogP contribution in [0.25, 0.3) is 0 Å². The van der Waals surface area contributed by atoms with Crippen molar-refractivity contribution in [1.82, 2.24) is 0 Å². The van der Waals surface area contributed by atoms with Crippen LogP contribution in [0.3, 0.4) is 0 Å². The molecule has 0 saturated heterocycles. The van der Waals surface area contributed by atoms with Crippen molar-refractivity contribution in [3.05, 3.63) is 23.8 Å². The van der Waals surface area contributed by atoms with Crippen molar-refractivity contribution in [3.8, 4) is 5.75 Å². The molecule has 1 aromatic rings. The summed E-state index contributed by atoms with van der Waals surface area (Å²) < 4.78 is 5.94. The Labute approximate surface area is 117 Å². The molecule has 0 bridgehead atoms. The van der Waals surface area contributed by atoms with Gasteiger partial charge in [0.15, 0.2) is 4.93 Å². The van der Waals surface area contributed by atoms with E-state index < -0.39 is 0 Å².